The summed E-state index contributed by atoms with van der Waals surface area (Å²) in [6, 6.07) is 0. The molecule has 0 aromatic rings. The van der Waals surface area contributed by atoms with Crippen LogP contribution < -0.4 is 0 Å². The molecule has 1 aliphatic rings. The van der Waals surface area contributed by atoms with E-state index in [0.717, 1.165) is 25.7 Å². The Bertz CT molecular complexity index is 622. The third-order valence-corrected chi connectivity index (χ3v) is 21.7. The molecule has 8 heteroatoms. The Morgan fingerprint density at radius 3 is 0.944 bits per heavy atom. The molecule has 208 valence electrons. The van der Waals surface area contributed by atoms with Gasteiger partial charge in [-0.3, -0.25) is 0 Å². The van der Waals surface area contributed by atoms with Gasteiger partial charge in [-0.15, -0.1) is 0 Å². The second-order valence-electron chi connectivity index (χ2n) is 10.8. The predicted octanol–water partition coefficient (Wildman–Crippen LogP) is 9.50. The average Bonchev–Trinajstić information content (AvgIpc) is 2.78. The van der Waals surface area contributed by atoms with Crippen LogP contribution in [0.15, 0.2) is 47.1 Å². The Morgan fingerprint density at radius 1 is 0.417 bits per heavy atom. The Hall–Kier alpha value is -0.332. The van der Waals surface area contributed by atoms with Gasteiger partial charge in [0.05, 0.1) is 0 Å². The van der Waals surface area contributed by atoms with Gasteiger partial charge in [0.1, 0.15) is 0 Å². The summed E-state index contributed by atoms with van der Waals surface area (Å²) in [5.74, 6) is 0. The first-order valence-electron chi connectivity index (χ1n) is 14.6. The molecule has 0 aliphatic carbocycles. The van der Waals surface area contributed by atoms with Gasteiger partial charge in [0, 0.05) is 0 Å². The zero-order valence-electron chi connectivity index (χ0n) is 24.7. The van der Waals surface area contributed by atoms with Gasteiger partial charge in [0.15, 0.2) is 0 Å². The number of unbranched alkanes of at least 4 members (excludes halogenated alkanes) is 8. The SMILES string of the molecule is CCCCC=C[Si]1(C=CCCCC)O[Si](C)(C)O[Si](C)(C)O[Si](C=CCCCC)(C=CCCCC)O1. The van der Waals surface area contributed by atoms with Gasteiger partial charge in [-0.1, -0.05) is 103 Å². The van der Waals surface area contributed by atoms with Crippen LogP contribution in [0.1, 0.15) is 105 Å². The van der Waals surface area contributed by atoms with Crippen LogP contribution in [0.5, 0.6) is 0 Å². The van der Waals surface area contributed by atoms with Crippen molar-refractivity contribution in [3.63, 3.8) is 0 Å². The summed E-state index contributed by atoms with van der Waals surface area (Å²) in [7, 11) is -10.8. The maximum atomic E-state index is 7.33. The molecular weight excluding hydrogens is 513 g/mol. The Kier molecular flexibility index (Phi) is 16.2. The average molecular weight is 569 g/mol. The van der Waals surface area contributed by atoms with E-state index in [1.165, 1.54) is 51.4 Å². The highest BCUT2D eigenvalue weighted by Gasteiger charge is 2.54. The lowest BCUT2D eigenvalue weighted by atomic mass is 10.2. The van der Waals surface area contributed by atoms with Gasteiger partial charge >= 0.3 is 34.2 Å². The predicted molar refractivity (Wildman–Crippen MR) is 165 cm³/mol. The highest BCUT2D eigenvalue weighted by Crippen LogP contribution is 2.34. The zero-order valence-corrected chi connectivity index (χ0v) is 28.7. The van der Waals surface area contributed by atoms with Crippen molar-refractivity contribution in [2.24, 2.45) is 0 Å². The van der Waals surface area contributed by atoms with Crippen molar-refractivity contribution in [1.29, 1.82) is 0 Å². The summed E-state index contributed by atoms with van der Waals surface area (Å²) >= 11 is 0. The summed E-state index contributed by atoms with van der Waals surface area (Å²) in [4.78, 5) is 0. The summed E-state index contributed by atoms with van der Waals surface area (Å²) < 4.78 is 28.2. The molecule has 4 nitrogen and oxygen atoms in total. The zero-order chi connectivity index (χ0) is 27.0. The van der Waals surface area contributed by atoms with Crippen LogP contribution in [0.4, 0.5) is 0 Å². The standard InChI is InChI=1S/C28H56O4Si4/c1-9-13-17-21-25-35(26-22-18-14-10-2)30-33(5,6)29-34(7,8)31-36(32-35,27-23-19-15-11-3)28-24-20-16-12-4/h21-28H,9-20H2,1-8H3. The first-order valence-corrected chi connectivity index (χ1v) is 24.2. The molecule has 0 spiro atoms. The number of hydrogen-bond acceptors (Lipinski definition) is 4. The fourth-order valence-corrected chi connectivity index (χ4v) is 23.8. The van der Waals surface area contributed by atoms with E-state index in [4.69, 9.17) is 16.5 Å². The fraction of sp³-hybridized carbons (Fsp3) is 0.714. The van der Waals surface area contributed by atoms with Crippen LogP contribution in [-0.2, 0) is 16.5 Å². The first kappa shape index (κ1) is 33.7. The van der Waals surface area contributed by atoms with E-state index in [1.54, 1.807) is 0 Å². The van der Waals surface area contributed by atoms with Crippen LogP contribution >= 0.6 is 0 Å². The molecule has 0 unspecified atom stereocenters. The number of hydrogen-bond donors (Lipinski definition) is 0. The van der Waals surface area contributed by atoms with Gasteiger partial charge in [0.2, 0.25) is 0 Å². The van der Waals surface area contributed by atoms with E-state index in [1.807, 2.05) is 0 Å². The van der Waals surface area contributed by atoms with E-state index in [-0.39, 0.29) is 0 Å². The summed E-state index contributed by atoms with van der Waals surface area (Å²) in [6.45, 7) is 17.5. The topological polar surface area (TPSA) is 36.9 Å². The Labute approximate surface area is 228 Å². The van der Waals surface area contributed by atoms with Crippen LogP contribution in [-0.4, -0.2) is 34.2 Å². The van der Waals surface area contributed by atoms with Crippen molar-refractivity contribution < 1.29 is 16.5 Å². The van der Waals surface area contributed by atoms with Crippen LogP contribution in [0.2, 0.25) is 26.2 Å². The molecule has 0 saturated carbocycles. The fourth-order valence-electron chi connectivity index (χ4n) is 4.35. The third-order valence-electron chi connectivity index (χ3n) is 5.92. The molecule has 1 fully saturated rings. The van der Waals surface area contributed by atoms with Crippen LogP contribution in [0.3, 0.4) is 0 Å². The molecule has 0 atom stereocenters. The van der Waals surface area contributed by atoms with E-state index in [9.17, 15) is 0 Å². The van der Waals surface area contributed by atoms with Gasteiger partial charge in [-0.2, -0.15) is 0 Å². The van der Waals surface area contributed by atoms with Gasteiger partial charge in [-0.05, 0) is 74.7 Å². The molecule has 1 rings (SSSR count). The van der Waals surface area contributed by atoms with Crippen molar-refractivity contribution in [3.8, 4) is 0 Å². The lowest BCUT2D eigenvalue weighted by molar-refractivity contribution is 0.250. The minimum absolute atomic E-state index is 1.04. The van der Waals surface area contributed by atoms with E-state index < -0.39 is 34.2 Å². The van der Waals surface area contributed by atoms with Crippen molar-refractivity contribution in [3.05, 3.63) is 47.1 Å². The molecule has 0 aromatic carbocycles. The van der Waals surface area contributed by atoms with Crippen LogP contribution in [0, 0.1) is 0 Å². The smallest absolute Gasteiger partial charge is 0.374 e. The summed E-state index contributed by atoms with van der Waals surface area (Å²) in [5, 5.41) is 0. The van der Waals surface area contributed by atoms with Gasteiger partial charge < -0.3 is 16.5 Å². The molecule has 0 N–H and O–H groups in total. The molecule has 1 heterocycles. The lowest BCUT2D eigenvalue weighted by Crippen LogP contribution is -2.66. The first-order chi connectivity index (χ1) is 17.1. The molecule has 0 aromatic heterocycles. The maximum absolute atomic E-state index is 7.33. The van der Waals surface area contributed by atoms with E-state index in [0.29, 0.717) is 0 Å². The quantitative estimate of drug-likeness (QED) is 0.137. The molecule has 0 bridgehead atoms. The third kappa shape index (κ3) is 13.5. The van der Waals surface area contributed by atoms with E-state index >= 15 is 0 Å². The summed E-state index contributed by atoms with van der Waals surface area (Å²) in [6.07, 6.45) is 22.7. The second kappa shape index (κ2) is 17.3. The van der Waals surface area contributed by atoms with E-state index in [2.05, 4.69) is 101 Å². The Morgan fingerprint density at radius 2 is 0.694 bits per heavy atom. The summed E-state index contributed by atoms with van der Waals surface area (Å²) in [5.41, 5.74) is 9.09. The van der Waals surface area contributed by atoms with Gasteiger partial charge in [-0.25, -0.2) is 0 Å². The molecular formula is C28H56O4Si4. The van der Waals surface area contributed by atoms with Crippen molar-refractivity contribution in [1.82, 2.24) is 0 Å². The molecule has 0 amide bonds. The maximum Gasteiger partial charge on any atom is 0.374 e. The minimum atomic E-state index is -2.90. The molecule has 36 heavy (non-hydrogen) atoms. The number of rotatable bonds is 16. The van der Waals surface area contributed by atoms with Crippen LogP contribution in [0.25, 0.3) is 0 Å². The molecule has 0 radical (unpaired) electrons. The van der Waals surface area contributed by atoms with Gasteiger partial charge in [0.25, 0.3) is 0 Å². The Balaban J connectivity index is 3.62. The highest BCUT2D eigenvalue weighted by atomic mass is 28.5. The minimum Gasteiger partial charge on any atom is -0.416 e. The van der Waals surface area contributed by atoms with Crippen molar-refractivity contribution in [2.45, 2.75) is 131 Å². The number of allylic oxidation sites excluding steroid dienone is 4. The second-order valence-corrected chi connectivity index (χ2v) is 23.9. The molecule has 1 aliphatic heterocycles. The lowest BCUT2D eigenvalue weighted by Gasteiger charge is -2.47. The highest BCUT2D eigenvalue weighted by molar-refractivity contribution is 6.99. The van der Waals surface area contributed by atoms with Crippen molar-refractivity contribution >= 4 is 34.2 Å². The van der Waals surface area contributed by atoms with Crippen molar-refractivity contribution in [2.75, 3.05) is 0 Å². The monoisotopic (exact) mass is 568 g/mol. The normalized spacial score (nSPS) is 26.9. The largest absolute Gasteiger partial charge is 0.416 e. The molecule has 1 saturated heterocycles.